The molecule has 2 unspecified atom stereocenters. The van der Waals surface area contributed by atoms with E-state index in [1.165, 1.54) is 141 Å². The highest BCUT2D eigenvalue weighted by Crippen LogP contribution is 2.30. The monoisotopic (exact) mass is 446 g/mol. The lowest BCUT2D eigenvalue weighted by atomic mass is 9.93. The van der Waals surface area contributed by atoms with Gasteiger partial charge in [0.05, 0.1) is 0 Å². The summed E-state index contributed by atoms with van der Waals surface area (Å²) in [6.45, 7) is 9.34. The second-order valence-electron chi connectivity index (χ2n) is 10.4. The van der Waals surface area contributed by atoms with E-state index in [1.54, 1.807) is 0 Å². The maximum Gasteiger partial charge on any atom is 0.111 e. The molecule has 0 radical (unpaired) electrons. The zero-order valence-electron chi connectivity index (χ0n) is 22.6. The third kappa shape index (κ3) is 13.7. The maximum atomic E-state index is 4.91. The first-order valence-electron chi connectivity index (χ1n) is 14.8. The molecule has 2 heteroatoms. The lowest BCUT2D eigenvalue weighted by Crippen LogP contribution is -2.13. The number of imidazole rings is 1. The normalized spacial score (nSPS) is 13.5. The summed E-state index contributed by atoms with van der Waals surface area (Å²) in [5.74, 6) is 2.05. The van der Waals surface area contributed by atoms with Gasteiger partial charge in [0, 0.05) is 24.4 Å². The molecule has 188 valence electrons. The molecule has 2 atom stereocenters. The smallest absolute Gasteiger partial charge is 0.111 e. The molecule has 1 rings (SSSR count). The number of unbranched alkanes of at least 4 members (excludes halogenated alkanes) is 15. The predicted octanol–water partition coefficient (Wildman–Crippen LogP) is 10.8. The van der Waals surface area contributed by atoms with Crippen molar-refractivity contribution in [1.29, 1.82) is 0 Å². The van der Waals surface area contributed by atoms with Gasteiger partial charge in [-0.05, 0) is 26.2 Å². The third-order valence-electron chi connectivity index (χ3n) is 7.33. The second kappa shape index (κ2) is 20.8. The summed E-state index contributed by atoms with van der Waals surface area (Å²) in [6.07, 6.45) is 33.4. The van der Waals surface area contributed by atoms with Crippen molar-refractivity contribution in [2.24, 2.45) is 0 Å². The number of rotatable bonds is 23. The Morgan fingerprint density at radius 2 is 1.00 bits per heavy atom. The van der Waals surface area contributed by atoms with Gasteiger partial charge in [-0.25, -0.2) is 4.98 Å². The van der Waals surface area contributed by atoms with Crippen LogP contribution in [-0.2, 0) is 0 Å². The zero-order valence-corrected chi connectivity index (χ0v) is 22.6. The molecule has 0 spiro atoms. The van der Waals surface area contributed by atoms with Crippen molar-refractivity contribution in [2.45, 2.75) is 174 Å². The Morgan fingerprint density at radius 3 is 1.50 bits per heavy atom. The van der Waals surface area contributed by atoms with E-state index >= 15 is 0 Å². The molecule has 0 fully saturated rings. The summed E-state index contributed by atoms with van der Waals surface area (Å²) in [7, 11) is 0. The van der Waals surface area contributed by atoms with Gasteiger partial charge in [-0.1, -0.05) is 136 Å². The van der Waals surface area contributed by atoms with Gasteiger partial charge in [-0.2, -0.15) is 0 Å². The minimum absolute atomic E-state index is 0.593. The van der Waals surface area contributed by atoms with E-state index in [1.807, 2.05) is 0 Å². The van der Waals surface area contributed by atoms with Crippen LogP contribution < -0.4 is 0 Å². The van der Waals surface area contributed by atoms with Crippen molar-refractivity contribution < 1.29 is 0 Å². The highest BCUT2D eigenvalue weighted by atomic mass is 15.1. The van der Waals surface area contributed by atoms with E-state index < -0.39 is 0 Å². The highest BCUT2D eigenvalue weighted by Gasteiger charge is 2.19. The molecule has 0 aromatic carbocycles. The Hall–Kier alpha value is -0.790. The van der Waals surface area contributed by atoms with E-state index in [0.717, 1.165) is 0 Å². The fourth-order valence-corrected chi connectivity index (χ4v) is 5.12. The average molecular weight is 447 g/mol. The van der Waals surface area contributed by atoms with Gasteiger partial charge in [0.1, 0.15) is 5.82 Å². The minimum atomic E-state index is 0.593. The number of aromatic nitrogens is 2. The molecule has 0 saturated carbocycles. The van der Waals surface area contributed by atoms with E-state index in [9.17, 15) is 0 Å². The molecule has 0 saturated heterocycles. The fourth-order valence-electron chi connectivity index (χ4n) is 5.12. The van der Waals surface area contributed by atoms with E-state index in [-0.39, 0.29) is 0 Å². The van der Waals surface area contributed by atoms with Gasteiger partial charge >= 0.3 is 0 Å². The van der Waals surface area contributed by atoms with Crippen molar-refractivity contribution >= 4 is 0 Å². The molecule has 0 aliphatic carbocycles. The SMILES string of the molecule is CCCCCCCCCCCC(C)n1ccnc1C(CCCCCC)CCCCCCC. The Labute approximate surface area is 202 Å². The van der Waals surface area contributed by atoms with Crippen molar-refractivity contribution in [1.82, 2.24) is 9.55 Å². The van der Waals surface area contributed by atoms with Crippen LogP contribution in [0, 0.1) is 0 Å². The molecule has 32 heavy (non-hydrogen) atoms. The predicted molar refractivity (Wildman–Crippen MR) is 144 cm³/mol. The average Bonchev–Trinajstić information content (AvgIpc) is 3.29. The molecule has 0 N–H and O–H groups in total. The van der Waals surface area contributed by atoms with Crippen molar-refractivity contribution in [2.75, 3.05) is 0 Å². The van der Waals surface area contributed by atoms with Crippen LogP contribution >= 0.6 is 0 Å². The quantitative estimate of drug-likeness (QED) is 0.153. The van der Waals surface area contributed by atoms with Gasteiger partial charge in [-0.3, -0.25) is 0 Å². The summed E-state index contributed by atoms with van der Waals surface area (Å²) in [5.41, 5.74) is 0. The summed E-state index contributed by atoms with van der Waals surface area (Å²) < 4.78 is 2.54. The largest absolute Gasteiger partial charge is 0.332 e. The summed E-state index contributed by atoms with van der Waals surface area (Å²) in [4.78, 5) is 4.91. The molecule has 0 aliphatic heterocycles. The lowest BCUT2D eigenvalue weighted by molar-refractivity contribution is 0.413. The zero-order chi connectivity index (χ0) is 23.3. The molecule has 1 heterocycles. The number of hydrogen-bond acceptors (Lipinski definition) is 1. The van der Waals surface area contributed by atoms with Crippen LogP contribution in [0.3, 0.4) is 0 Å². The fraction of sp³-hybridized carbons (Fsp3) is 0.900. The van der Waals surface area contributed by atoms with Crippen molar-refractivity contribution in [3.05, 3.63) is 18.2 Å². The molecule has 1 aromatic rings. The van der Waals surface area contributed by atoms with Gasteiger partial charge in [0.15, 0.2) is 0 Å². The molecule has 0 aliphatic rings. The second-order valence-corrected chi connectivity index (χ2v) is 10.4. The van der Waals surface area contributed by atoms with Crippen LogP contribution in [0.4, 0.5) is 0 Å². The van der Waals surface area contributed by atoms with Crippen LogP contribution in [0.2, 0.25) is 0 Å². The Kier molecular flexibility index (Phi) is 19.0. The highest BCUT2D eigenvalue weighted by molar-refractivity contribution is 5.02. The summed E-state index contributed by atoms with van der Waals surface area (Å²) in [6, 6.07) is 0.593. The Balaban J connectivity index is 2.44. The summed E-state index contributed by atoms with van der Waals surface area (Å²) in [5, 5.41) is 0. The third-order valence-corrected chi connectivity index (χ3v) is 7.33. The van der Waals surface area contributed by atoms with E-state index in [2.05, 4.69) is 44.7 Å². The Bertz CT molecular complexity index is 507. The van der Waals surface area contributed by atoms with E-state index in [0.29, 0.717) is 12.0 Å². The summed E-state index contributed by atoms with van der Waals surface area (Å²) >= 11 is 0. The first kappa shape index (κ1) is 29.2. The Morgan fingerprint density at radius 1 is 0.594 bits per heavy atom. The number of hydrogen-bond donors (Lipinski definition) is 0. The standard InChI is InChI=1S/C30H58N2/c1-5-8-11-14-15-16-17-19-20-23-28(4)32-27-26-31-30(32)29(24-21-13-10-7-3)25-22-18-12-9-6-2/h26-29H,5-25H2,1-4H3. The topological polar surface area (TPSA) is 17.8 Å². The van der Waals surface area contributed by atoms with Crippen LogP contribution in [-0.4, -0.2) is 9.55 Å². The molecule has 1 aromatic heterocycles. The van der Waals surface area contributed by atoms with Crippen LogP contribution in [0.5, 0.6) is 0 Å². The first-order chi connectivity index (χ1) is 15.7. The van der Waals surface area contributed by atoms with E-state index in [4.69, 9.17) is 4.98 Å². The van der Waals surface area contributed by atoms with Crippen LogP contribution in [0.15, 0.2) is 12.4 Å². The molecular weight excluding hydrogens is 388 g/mol. The van der Waals surface area contributed by atoms with Crippen LogP contribution in [0.25, 0.3) is 0 Å². The van der Waals surface area contributed by atoms with Gasteiger partial charge in [0.2, 0.25) is 0 Å². The molecule has 0 amide bonds. The maximum absolute atomic E-state index is 4.91. The minimum Gasteiger partial charge on any atom is -0.332 e. The number of nitrogens with zero attached hydrogens (tertiary/aromatic N) is 2. The van der Waals surface area contributed by atoms with Crippen molar-refractivity contribution in [3.8, 4) is 0 Å². The lowest BCUT2D eigenvalue weighted by Gasteiger charge is -2.22. The molecule has 0 bridgehead atoms. The van der Waals surface area contributed by atoms with Crippen molar-refractivity contribution in [3.63, 3.8) is 0 Å². The molecular formula is C30H58N2. The van der Waals surface area contributed by atoms with Gasteiger partial charge in [0.25, 0.3) is 0 Å². The van der Waals surface area contributed by atoms with Crippen LogP contribution in [0.1, 0.15) is 180 Å². The molecule has 2 nitrogen and oxygen atoms in total. The van der Waals surface area contributed by atoms with Gasteiger partial charge in [-0.15, -0.1) is 0 Å². The van der Waals surface area contributed by atoms with Gasteiger partial charge < -0.3 is 4.57 Å². The first-order valence-corrected chi connectivity index (χ1v) is 14.8.